The fourth-order valence-electron chi connectivity index (χ4n) is 3.02. The minimum Gasteiger partial charge on any atom is -0.481 e. The smallest absolute Gasteiger partial charge is 0.212 e. The number of aromatic nitrogens is 3. The molecule has 30 heavy (non-hydrogen) atoms. The summed E-state index contributed by atoms with van der Waals surface area (Å²) in [6.45, 7) is 3.21. The van der Waals surface area contributed by atoms with Gasteiger partial charge in [0.1, 0.15) is 4.75 Å². The van der Waals surface area contributed by atoms with Crippen LogP contribution in [0.15, 0.2) is 58.9 Å². The number of ether oxygens (including phenoxy) is 1. The van der Waals surface area contributed by atoms with E-state index in [1.807, 2.05) is 17.5 Å². The summed E-state index contributed by atoms with van der Waals surface area (Å²) in [4.78, 5) is 13.7. The summed E-state index contributed by atoms with van der Waals surface area (Å²) in [5.74, 6) is 0.693. The maximum Gasteiger partial charge on any atom is 0.212 e. The summed E-state index contributed by atoms with van der Waals surface area (Å²) in [5.41, 5.74) is 2.07. The summed E-state index contributed by atoms with van der Waals surface area (Å²) in [6.07, 6.45) is 1.66. The van der Waals surface area contributed by atoms with Gasteiger partial charge in [-0.15, -0.1) is 11.3 Å². The van der Waals surface area contributed by atoms with Crippen molar-refractivity contribution in [3.63, 3.8) is 0 Å². The molecule has 9 heteroatoms. The Morgan fingerprint density at radius 2 is 1.90 bits per heavy atom. The first-order valence-electron chi connectivity index (χ1n) is 9.00. The van der Waals surface area contributed by atoms with Crippen LogP contribution < -0.4 is 4.74 Å². The zero-order chi connectivity index (χ0) is 21.5. The number of benzene rings is 1. The summed E-state index contributed by atoms with van der Waals surface area (Å²) in [5, 5.41) is 2.26. The van der Waals surface area contributed by atoms with E-state index in [4.69, 9.17) is 21.3 Å². The largest absolute Gasteiger partial charge is 0.481 e. The second-order valence-corrected chi connectivity index (χ2v) is 10.9. The van der Waals surface area contributed by atoms with E-state index in [9.17, 15) is 8.42 Å². The Bertz CT molecular complexity index is 1330. The molecule has 0 N–H and O–H groups in total. The van der Waals surface area contributed by atoms with Gasteiger partial charge in [-0.05, 0) is 49.6 Å². The number of hydrogen-bond acceptors (Lipinski definition) is 7. The van der Waals surface area contributed by atoms with Crippen molar-refractivity contribution in [2.45, 2.75) is 23.5 Å². The lowest BCUT2D eigenvalue weighted by molar-refractivity contribution is 0.398. The predicted octanol–water partition coefficient (Wildman–Crippen LogP) is 5.12. The van der Waals surface area contributed by atoms with Crippen molar-refractivity contribution in [3.8, 4) is 17.1 Å². The van der Waals surface area contributed by atoms with Gasteiger partial charge in [0, 0.05) is 22.8 Å². The summed E-state index contributed by atoms with van der Waals surface area (Å²) in [6, 6.07) is 11.7. The highest BCUT2D eigenvalue weighted by atomic mass is 35.5. The van der Waals surface area contributed by atoms with Crippen molar-refractivity contribution in [2.75, 3.05) is 7.11 Å². The maximum atomic E-state index is 13.4. The zero-order valence-electron chi connectivity index (χ0n) is 16.5. The molecule has 4 aromatic rings. The highest BCUT2D eigenvalue weighted by molar-refractivity contribution is 7.92. The normalized spacial score (nSPS) is 12.3. The van der Waals surface area contributed by atoms with E-state index in [1.54, 1.807) is 45.4 Å². The second kappa shape index (κ2) is 7.61. The molecule has 0 saturated carbocycles. The lowest BCUT2D eigenvalue weighted by Gasteiger charge is -2.24. The molecular weight excluding hydrogens is 442 g/mol. The first-order valence-corrected chi connectivity index (χ1v) is 11.7. The minimum absolute atomic E-state index is 0.127. The fraction of sp³-hybridized carbons (Fsp3) is 0.190. The van der Waals surface area contributed by atoms with Gasteiger partial charge in [0.25, 0.3) is 0 Å². The topological polar surface area (TPSA) is 82.0 Å². The van der Waals surface area contributed by atoms with Crippen molar-refractivity contribution in [2.24, 2.45) is 0 Å². The van der Waals surface area contributed by atoms with Crippen molar-refractivity contribution >= 4 is 43.0 Å². The van der Waals surface area contributed by atoms with E-state index in [0.29, 0.717) is 22.1 Å². The van der Waals surface area contributed by atoms with Crippen molar-refractivity contribution in [1.29, 1.82) is 0 Å². The lowest BCUT2D eigenvalue weighted by atomic mass is 10.1. The van der Waals surface area contributed by atoms with Crippen LogP contribution in [0.5, 0.6) is 5.88 Å². The molecule has 0 radical (unpaired) electrons. The average Bonchev–Trinajstić information content (AvgIpc) is 3.22. The Morgan fingerprint density at radius 3 is 2.57 bits per heavy atom. The number of halogens is 1. The molecule has 0 amide bonds. The van der Waals surface area contributed by atoms with Crippen LogP contribution in [0.2, 0.25) is 5.02 Å². The first kappa shape index (κ1) is 20.7. The molecule has 3 aromatic heterocycles. The van der Waals surface area contributed by atoms with Crippen LogP contribution in [0.4, 0.5) is 0 Å². The Hall–Kier alpha value is -2.55. The molecule has 0 atom stereocenters. The van der Waals surface area contributed by atoms with Crippen molar-refractivity contribution in [1.82, 2.24) is 15.0 Å². The van der Waals surface area contributed by atoms with Gasteiger partial charge in [0.05, 0.1) is 27.9 Å². The molecule has 0 fully saturated rings. The Labute approximate surface area is 183 Å². The van der Waals surface area contributed by atoms with Gasteiger partial charge in [-0.1, -0.05) is 17.7 Å². The third-order valence-corrected chi connectivity index (χ3v) is 8.39. The van der Waals surface area contributed by atoms with Crippen LogP contribution in [0, 0.1) is 0 Å². The van der Waals surface area contributed by atoms with Gasteiger partial charge in [-0.2, -0.15) is 0 Å². The van der Waals surface area contributed by atoms with Crippen LogP contribution in [0.25, 0.3) is 21.5 Å². The van der Waals surface area contributed by atoms with E-state index in [-0.39, 0.29) is 10.7 Å². The van der Waals surface area contributed by atoms with Crippen LogP contribution in [0.3, 0.4) is 0 Å². The van der Waals surface area contributed by atoms with Crippen LogP contribution in [0.1, 0.15) is 19.7 Å². The van der Waals surface area contributed by atoms with E-state index in [2.05, 4.69) is 9.97 Å². The van der Waals surface area contributed by atoms with Gasteiger partial charge < -0.3 is 4.74 Å². The van der Waals surface area contributed by atoms with Crippen LogP contribution >= 0.6 is 22.9 Å². The lowest BCUT2D eigenvalue weighted by Crippen LogP contribution is -2.31. The maximum absolute atomic E-state index is 13.4. The average molecular weight is 460 g/mol. The SMILES string of the molecule is COc1ccc(-c2nc(C(C)(C)S(=O)(=O)c3cccc(Cl)c3)nc3ccsc23)cn1. The molecule has 0 spiro atoms. The molecule has 154 valence electrons. The molecule has 0 aliphatic carbocycles. The van der Waals surface area contributed by atoms with Crippen LogP contribution in [-0.2, 0) is 14.6 Å². The fourth-order valence-corrected chi connectivity index (χ4v) is 5.58. The number of fused-ring (bicyclic) bond motifs is 1. The first-order chi connectivity index (χ1) is 14.2. The van der Waals surface area contributed by atoms with Crippen LogP contribution in [-0.4, -0.2) is 30.5 Å². The molecule has 0 bridgehead atoms. The van der Waals surface area contributed by atoms with Crippen molar-refractivity contribution in [3.05, 3.63) is 64.9 Å². The Kier molecular flexibility index (Phi) is 5.25. The molecule has 1 aromatic carbocycles. The molecule has 0 aliphatic rings. The van der Waals surface area contributed by atoms with E-state index in [1.165, 1.54) is 23.5 Å². The highest BCUT2D eigenvalue weighted by Crippen LogP contribution is 2.37. The standard InChI is InChI=1S/C21H18ClN3O3S2/c1-21(2,30(26,27)15-6-4-5-14(22)11-15)20-24-16-9-10-29-19(16)18(25-20)13-7-8-17(28-3)23-12-13/h4-12H,1-3H3. The number of methoxy groups -OCH3 is 1. The number of nitrogens with zero attached hydrogens (tertiary/aromatic N) is 3. The molecule has 6 nitrogen and oxygen atoms in total. The highest BCUT2D eigenvalue weighted by Gasteiger charge is 2.41. The van der Waals surface area contributed by atoms with Gasteiger partial charge >= 0.3 is 0 Å². The second-order valence-electron chi connectivity index (χ2n) is 7.09. The Morgan fingerprint density at radius 1 is 1.10 bits per heavy atom. The van der Waals surface area contributed by atoms with E-state index >= 15 is 0 Å². The molecule has 0 saturated heterocycles. The molecule has 0 aliphatic heterocycles. The van der Waals surface area contributed by atoms with E-state index < -0.39 is 14.6 Å². The summed E-state index contributed by atoms with van der Waals surface area (Å²) < 4.78 is 31.5. The quantitative estimate of drug-likeness (QED) is 0.411. The van der Waals surface area contributed by atoms with Gasteiger partial charge in [0.15, 0.2) is 15.7 Å². The minimum atomic E-state index is -3.82. The molecular formula is C21H18ClN3O3S2. The third kappa shape index (κ3) is 3.45. The summed E-state index contributed by atoms with van der Waals surface area (Å²) in [7, 11) is -2.27. The number of sulfone groups is 1. The molecule has 0 unspecified atom stereocenters. The number of rotatable bonds is 5. The van der Waals surface area contributed by atoms with Gasteiger partial charge in [-0.3, -0.25) is 0 Å². The monoisotopic (exact) mass is 459 g/mol. The van der Waals surface area contributed by atoms with E-state index in [0.717, 1.165) is 10.3 Å². The molecule has 3 heterocycles. The Balaban J connectivity index is 1.90. The number of thiophene rings is 1. The number of hydrogen-bond donors (Lipinski definition) is 0. The number of pyridine rings is 1. The summed E-state index contributed by atoms with van der Waals surface area (Å²) >= 11 is 7.52. The third-order valence-electron chi connectivity index (χ3n) is 4.84. The van der Waals surface area contributed by atoms with Crippen molar-refractivity contribution < 1.29 is 13.2 Å². The van der Waals surface area contributed by atoms with Gasteiger partial charge in [0.2, 0.25) is 5.88 Å². The molecule has 4 rings (SSSR count). The van der Waals surface area contributed by atoms with Gasteiger partial charge in [-0.25, -0.2) is 23.4 Å². The zero-order valence-corrected chi connectivity index (χ0v) is 18.8. The predicted molar refractivity (Wildman–Crippen MR) is 119 cm³/mol.